The number of aryl methyl sites for hydroxylation is 1. The summed E-state index contributed by atoms with van der Waals surface area (Å²) in [6.07, 6.45) is 8.23. The van der Waals surface area contributed by atoms with Gasteiger partial charge in [-0.15, -0.1) is 5.10 Å². The lowest BCUT2D eigenvalue weighted by molar-refractivity contribution is 0.0681. The molecule has 1 N–H and O–H groups in total. The number of halogens is 1. The molecule has 3 aromatic heterocycles. The van der Waals surface area contributed by atoms with Gasteiger partial charge in [0.1, 0.15) is 11.3 Å². The lowest BCUT2D eigenvalue weighted by Crippen LogP contribution is -2.30. The molecule has 0 amide bonds. The Morgan fingerprint density at radius 3 is 2.66 bits per heavy atom. The first-order valence-corrected chi connectivity index (χ1v) is 11.3. The first-order valence-electron chi connectivity index (χ1n) is 11.3. The van der Waals surface area contributed by atoms with E-state index in [0.717, 1.165) is 53.7 Å². The number of aromatic nitrogens is 5. The second-order valence-electron chi connectivity index (χ2n) is 8.94. The number of nitrogens with one attached hydrogen (secondary N) is 1. The van der Waals surface area contributed by atoms with Crippen LogP contribution in [0.15, 0.2) is 30.6 Å². The van der Waals surface area contributed by atoms with Gasteiger partial charge in [-0.3, -0.25) is 0 Å². The highest BCUT2D eigenvalue weighted by atomic mass is 19.1. The van der Waals surface area contributed by atoms with Crippen LogP contribution in [0.3, 0.4) is 0 Å². The highest BCUT2D eigenvalue weighted by Gasteiger charge is 2.22. The molecule has 0 bridgehead atoms. The summed E-state index contributed by atoms with van der Waals surface area (Å²) in [7, 11) is 1.78. The van der Waals surface area contributed by atoms with Gasteiger partial charge in [0.05, 0.1) is 23.3 Å². The second-order valence-corrected chi connectivity index (χ2v) is 8.94. The van der Waals surface area contributed by atoms with E-state index in [1.165, 1.54) is 0 Å². The van der Waals surface area contributed by atoms with E-state index in [2.05, 4.69) is 38.8 Å². The Bertz CT molecular complexity index is 1270. The van der Waals surface area contributed by atoms with Crippen LogP contribution in [0, 0.1) is 12.7 Å². The zero-order valence-corrected chi connectivity index (χ0v) is 19.0. The lowest BCUT2D eigenvalue weighted by Gasteiger charge is -2.28. The molecular formula is C24H29FN6O. The van der Waals surface area contributed by atoms with E-state index in [1.807, 2.05) is 25.3 Å². The number of methoxy groups -OCH3 is 1. The largest absolute Gasteiger partial charge is 0.381 e. The van der Waals surface area contributed by atoms with Gasteiger partial charge in [0.15, 0.2) is 5.82 Å². The maximum Gasteiger partial charge on any atom is 0.241 e. The summed E-state index contributed by atoms with van der Waals surface area (Å²) in [5.74, 6) is 1.10. The van der Waals surface area contributed by atoms with Crippen molar-refractivity contribution in [2.45, 2.75) is 64.6 Å². The standard InChI is InChI=1S/C24H29FN6O/c1-14(2)31-15(3)27-23-20(25)11-16(12-21(23)31)19-9-10-30-22(19)13-26-24(29-30)28-17-5-7-18(32-4)8-6-17/h9-14,17-18H,5-8H2,1-4H3,(H,28,29)/t17-,18+. The van der Waals surface area contributed by atoms with E-state index >= 15 is 0 Å². The average Bonchev–Trinajstić information content (AvgIpc) is 3.34. The Morgan fingerprint density at radius 2 is 1.94 bits per heavy atom. The number of rotatable bonds is 5. The zero-order chi connectivity index (χ0) is 22.4. The third kappa shape index (κ3) is 3.62. The molecule has 8 heteroatoms. The molecule has 0 aliphatic heterocycles. The molecule has 168 valence electrons. The van der Waals surface area contributed by atoms with Crippen molar-refractivity contribution < 1.29 is 9.13 Å². The van der Waals surface area contributed by atoms with Gasteiger partial charge in [-0.2, -0.15) is 0 Å². The summed E-state index contributed by atoms with van der Waals surface area (Å²) in [6.45, 7) is 6.07. The number of ether oxygens (including phenoxy) is 1. The molecule has 4 aromatic rings. The van der Waals surface area contributed by atoms with Crippen LogP contribution in [0.2, 0.25) is 0 Å². The van der Waals surface area contributed by atoms with E-state index in [0.29, 0.717) is 23.6 Å². The van der Waals surface area contributed by atoms with Crippen LogP contribution in [0.4, 0.5) is 10.3 Å². The van der Waals surface area contributed by atoms with Gasteiger partial charge < -0.3 is 14.6 Å². The summed E-state index contributed by atoms with van der Waals surface area (Å²) in [5.41, 5.74) is 3.74. The average molecular weight is 437 g/mol. The molecule has 7 nitrogen and oxygen atoms in total. The van der Waals surface area contributed by atoms with Crippen LogP contribution >= 0.6 is 0 Å². The Balaban J connectivity index is 1.46. The van der Waals surface area contributed by atoms with Crippen LogP contribution in [-0.4, -0.2) is 43.4 Å². The van der Waals surface area contributed by atoms with Crippen molar-refractivity contribution in [3.8, 4) is 11.1 Å². The van der Waals surface area contributed by atoms with Crippen molar-refractivity contribution in [1.82, 2.24) is 24.1 Å². The molecule has 32 heavy (non-hydrogen) atoms. The molecule has 1 aliphatic carbocycles. The Kier molecular flexibility index (Phi) is 5.33. The first-order chi connectivity index (χ1) is 15.4. The van der Waals surface area contributed by atoms with Gasteiger partial charge in [-0.05, 0) is 70.2 Å². The summed E-state index contributed by atoms with van der Waals surface area (Å²) < 4.78 is 24.3. The van der Waals surface area contributed by atoms with Crippen molar-refractivity contribution in [3.05, 3.63) is 42.2 Å². The van der Waals surface area contributed by atoms with Crippen molar-refractivity contribution in [2.24, 2.45) is 0 Å². The third-order valence-corrected chi connectivity index (χ3v) is 6.51. The number of nitrogens with zero attached hydrogens (tertiary/aromatic N) is 5. The van der Waals surface area contributed by atoms with Gasteiger partial charge in [0.2, 0.25) is 5.95 Å². The molecule has 1 saturated carbocycles. The van der Waals surface area contributed by atoms with Crippen LogP contribution in [-0.2, 0) is 4.74 Å². The van der Waals surface area contributed by atoms with E-state index in [4.69, 9.17) is 4.74 Å². The predicted molar refractivity (Wildman–Crippen MR) is 123 cm³/mol. The van der Waals surface area contributed by atoms with Crippen molar-refractivity contribution >= 4 is 22.5 Å². The number of anilines is 1. The molecule has 0 unspecified atom stereocenters. The fraction of sp³-hybridized carbons (Fsp3) is 0.458. The molecule has 5 rings (SSSR count). The molecule has 0 atom stereocenters. The summed E-state index contributed by atoms with van der Waals surface area (Å²) in [5, 5.41) is 8.09. The van der Waals surface area contributed by atoms with E-state index < -0.39 is 0 Å². The van der Waals surface area contributed by atoms with Gasteiger partial charge in [-0.1, -0.05) is 0 Å². The van der Waals surface area contributed by atoms with Crippen molar-refractivity contribution in [3.63, 3.8) is 0 Å². The zero-order valence-electron chi connectivity index (χ0n) is 19.0. The van der Waals surface area contributed by atoms with Gasteiger partial charge in [0.25, 0.3) is 0 Å². The monoisotopic (exact) mass is 436 g/mol. The van der Waals surface area contributed by atoms with E-state index in [-0.39, 0.29) is 11.9 Å². The van der Waals surface area contributed by atoms with Crippen LogP contribution in [0.5, 0.6) is 0 Å². The predicted octanol–water partition coefficient (Wildman–Crippen LogP) is 5.14. The highest BCUT2D eigenvalue weighted by Crippen LogP contribution is 2.32. The Morgan fingerprint density at radius 1 is 1.16 bits per heavy atom. The van der Waals surface area contributed by atoms with Gasteiger partial charge in [-0.25, -0.2) is 18.9 Å². The number of fused-ring (bicyclic) bond motifs is 2. The topological polar surface area (TPSA) is 69.3 Å². The Hall–Kier alpha value is -3.00. The number of imidazole rings is 1. The molecule has 1 fully saturated rings. The van der Waals surface area contributed by atoms with Crippen LogP contribution in [0.1, 0.15) is 51.4 Å². The fourth-order valence-corrected chi connectivity index (χ4v) is 4.91. The van der Waals surface area contributed by atoms with Crippen molar-refractivity contribution in [2.75, 3.05) is 12.4 Å². The molecule has 0 spiro atoms. The van der Waals surface area contributed by atoms with E-state index in [1.54, 1.807) is 23.9 Å². The van der Waals surface area contributed by atoms with Crippen molar-refractivity contribution in [1.29, 1.82) is 0 Å². The van der Waals surface area contributed by atoms with Crippen LogP contribution in [0.25, 0.3) is 27.7 Å². The molecule has 1 aromatic carbocycles. The second kappa shape index (κ2) is 8.16. The minimum atomic E-state index is -0.315. The number of hydrogen-bond acceptors (Lipinski definition) is 5. The number of benzene rings is 1. The molecule has 3 heterocycles. The minimum Gasteiger partial charge on any atom is -0.381 e. The third-order valence-electron chi connectivity index (χ3n) is 6.51. The summed E-state index contributed by atoms with van der Waals surface area (Å²) in [6, 6.07) is 6.06. The molecule has 0 saturated heterocycles. The summed E-state index contributed by atoms with van der Waals surface area (Å²) in [4.78, 5) is 8.99. The highest BCUT2D eigenvalue weighted by molar-refractivity contribution is 5.88. The first kappa shape index (κ1) is 20.9. The molecule has 1 aliphatic rings. The van der Waals surface area contributed by atoms with Crippen LogP contribution < -0.4 is 5.32 Å². The van der Waals surface area contributed by atoms with Gasteiger partial charge in [0, 0.05) is 31.0 Å². The molecular weight excluding hydrogens is 407 g/mol. The van der Waals surface area contributed by atoms with Gasteiger partial charge >= 0.3 is 0 Å². The summed E-state index contributed by atoms with van der Waals surface area (Å²) >= 11 is 0. The lowest BCUT2D eigenvalue weighted by atomic mass is 9.93. The quantitative estimate of drug-likeness (QED) is 0.469. The SMILES string of the molecule is CO[C@H]1CC[C@@H](Nc2ncc3c(-c4cc(F)c5nc(C)n(C(C)C)c5c4)ccn3n2)CC1. The molecule has 0 radical (unpaired) electrons. The minimum absolute atomic E-state index is 0.191. The fourth-order valence-electron chi connectivity index (χ4n) is 4.91. The Labute approximate surface area is 186 Å². The normalized spacial score (nSPS) is 19.3. The number of hydrogen-bond donors (Lipinski definition) is 1. The maximum atomic E-state index is 14.9. The van der Waals surface area contributed by atoms with E-state index in [9.17, 15) is 4.39 Å². The maximum absolute atomic E-state index is 14.9. The smallest absolute Gasteiger partial charge is 0.241 e.